The molecule has 4 heterocycles. The van der Waals surface area contributed by atoms with E-state index in [0.29, 0.717) is 51.6 Å². The van der Waals surface area contributed by atoms with Crippen molar-refractivity contribution in [3.05, 3.63) is 77.6 Å². The number of rotatable bonds is 6. The van der Waals surface area contributed by atoms with Crippen molar-refractivity contribution < 1.29 is 14.3 Å². The van der Waals surface area contributed by atoms with Gasteiger partial charge in [0.05, 0.1) is 37.5 Å². The fourth-order valence-electron chi connectivity index (χ4n) is 6.62. The number of hydrogen-bond donors (Lipinski definition) is 1. The smallest absolute Gasteiger partial charge is 0.270 e. The van der Waals surface area contributed by atoms with Crippen LogP contribution in [0.5, 0.6) is 0 Å². The van der Waals surface area contributed by atoms with E-state index in [1.807, 2.05) is 25.1 Å². The molecule has 0 spiro atoms. The molecule has 6 rings (SSSR count). The molecule has 220 valence electrons. The van der Waals surface area contributed by atoms with E-state index in [-0.39, 0.29) is 23.9 Å². The standard InChI is InChI=1S/C33H40N6O3/c1-5-31(40)38-16-14-37(15-17-38)29-18-25(33(41)35-27-20-42-21-30(27)36(3)4)34-26-19-39(13-12-24(26)29)28-11-7-10-23-9-6-8-22(2)32(23)28/h5-11,18,27,30H,1,12-17,19-21H2,2-4H3,(H,35,41)/t27-,30-/m0/s1. The number of aromatic nitrogens is 1. The average Bonchev–Trinajstić information content (AvgIpc) is 3.48. The molecule has 2 amide bonds. The molecule has 3 aliphatic rings. The summed E-state index contributed by atoms with van der Waals surface area (Å²) in [5, 5.41) is 5.69. The van der Waals surface area contributed by atoms with Crippen molar-refractivity contribution in [2.24, 2.45) is 0 Å². The molecule has 0 aliphatic carbocycles. The molecule has 2 fully saturated rings. The summed E-state index contributed by atoms with van der Waals surface area (Å²) in [5.74, 6) is -0.221. The van der Waals surface area contributed by atoms with Gasteiger partial charge in [0.1, 0.15) is 5.69 Å². The first-order valence-corrected chi connectivity index (χ1v) is 14.8. The van der Waals surface area contributed by atoms with Gasteiger partial charge in [0, 0.05) is 55.0 Å². The summed E-state index contributed by atoms with van der Waals surface area (Å²) < 4.78 is 5.69. The fourth-order valence-corrected chi connectivity index (χ4v) is 6.62. The summed E-state index contributed by atoms with van der Waals surface area (Å²) in [4.78, 5) is 39.5. The lowest BCUT2D eigenvalue weighted by Gasteiger charge is -2.39. The third kappa shape index (κ3) is 5.34. The minimum atomic E-state index is -0.181. The van der Waals surface area contributed by atoms with E-state index in [2.05, 4.69) is 69.9 Å². The lowest BCUT2D eigenvalue weighted by molar-refractivity contribution is -0.126. The number of pyridine rings is 1. The number of carbonyl (C=O) groups is 2. The van der Waals surface area contributed by atoms with Crippen LogP contribution < -0.4 is 15.1 Å². The largest absolute Gasteiger partial charge is 0.378 e. The lowest BCUT2D eigenvalue weighted by Crippen LogP contribution is -2.49. The van der Waals surface area contributed by atoms with Gasteiger partial charge in [0.15, 0.2) is 0 Å². The average molecular weight is 569 g/mol. The van der Waals surface area contributed by atoms with Crippen molar-refractivity contribution in [1.29, 1.82) is 0 Å². The summed E-state index contributed by atoms with van der Waals surface area (Å²) in [5.41, 5.74) is 6.05. The van der Waals surface area contributed by atoms with Crippen LogP contribution in [0.4, 0.5) is 11.4 Å². The summed E-state index contributed by atoms with van der Waals surface area (Å²) in [6, 6.07) is 14.9. The van der Waals surface area contributed by atoms with Gasteiger partial charge >= 0.3 is 0 Å². The molecule has 0 radical (unpaired) electrons. The van der Waals surface area contributed by atoms with Gasteiger partial charge in [0.2, 0.25) is 5.91 Å². The van der Waals surface area contributed by atoms with E-state index >= 15 is 0 Å². The second-order valence-corrected chi connectivity index (χ2v) is 11.7. The highest BCUT2D eigenvalue weighted by Gasteiger charge is 2.33. The molecule has 0 bridgehead atoms. The van der Waals surface area contributed by atoms with Crippen LogP contribution in [0.15, 0.2) is 55.1 Å². The Kier molecular flexibility index (Phi) is 7.88. The van der Waals surface area contributed by atoms with Gasteiger partial charge in [-0.1, -0.05) is 36.9 Å². The zero-order valence-corrected chi connectivity index (χ0v) is 24.8. The van der Waals surface area contributed by atoms with Gasteiger partial charge in [-0.25, -0.2) is 4.98 Å². The van der Waals surface area contributed by atoms with E-state index in [0.717, 1.165) is 24.3 Å². The zero-order valence-electron chi connectivity index (χ0n) is 24.8. The highest BCUT2D eigenvalue weighted by molar-refractivity contribution is 5.97. The molecule has 1 N–H and O–H groups in total. The molecule has 2 atom stereocenters. The van der Waals surface area contributed by atoms with Crippen LogP contribution >= 0.6 is 0 Å². The van der Waals surface area contributed by atoms with Crippen molar-refractivity contribution in [2.45, 2.75) is 32.0 Å². The van der Waals surface area contributed by atoms with Crippen LogP contribution in [-0.4, -0.2) is 98.7 Å². The maximum Gasteiger partial charge on any atom is 0.270 e. The van der Waals surface area contributed by atoms with E-state index in [1.165, 1.54) is 33.7 Å². The van der Waals surface area contributed by atoms with E-state index < -0.39 is 0 Å². The Hall–Kier alpha value is -3.95. The number of ether oxygens (including phenoxy) is 1. The molecule has 2 saturated heterocycles. The second kappa shape index (κ2) is 11.7. The number of benzene rings is 2. The summed E-state index contributed by atoms with van der Waals surface area (Å²) in [7, 11) is 4.02. The number of nitrogens with one attached hydrogen (secondary N) is 1. The molecule has 2 aromatic carbocycles. The lowest BCUT2D eigenvalue weighted by atomic mass is 9.97. The monoisotopic (exact) mass is 568 g/mol. The van der Waals surface area contributed by atoms with Crippen LogP contribution in [0.25, 0.3) is 10.8 Å². The van der Waals surface area contributed by atoms with E-state index in [4.69, 9.17) is 9.72 Å². The highest BCUT2D eigenvalue weighted by Crippen LogP contribution is 2.35. The predicted molar refractivity (Wildman–Crippen MR) is 166 cm³/mol. The van der Waals surface area contributed by atoms with Crippen LogP contribution in [-0.2, 0) is 22.5 Å². The molecular weight excluding hydrogens is 528 g/mol. The molecule has 3 aliphatic heterocycles. The number of aryl methyl sites for hydroxylation is 1. The molecule has 9 nitrogen and oxygen atoms in total. The molecule has 42 heavy (non-hydrogen) atoms. The van der Waals surface area contributed by atoms with Crippen LogP contribution in [0.1, 0.15) is 27.3 Å². The highest BCUT2D eigenvalue weighted by atomic mass is 16.5. The second-order valence-electron chi connectivity index (χ2n) is 11.7. The first-order valence-electron chi connectivity index (χ1n) is 14.8. The number of fused-ring (bicyclic) bond motifs is 2. The summed E-state index contributed by atoms with van der Waals surface area (Å²) >= 11 is 0. The van der Waals surface area contributed by atoms with E-state index in [1.54, 1.807) is 0 Å². The number of amides is 2. The minimum Gasteiger partial charge on any atom is -0.378 e. The molecule has 9 heteroatoms. The van der Waals surface area contributed by atoms with Crippen molar-refractivity contribution in [2.75, 3.05) is 69.8 Å². The number of piperazine rings is 1. The normalized spacial score (nSPS) is 20.6. The first-order chi connectivity index (χ1) is 20.3. The quantitative estimate of drug-likeness (QED) is 0.458. The number of likely N-dealkylation sites (N-methyl/N-ethyl adjacent to an activating group) is 1. The van der Waals surface area contributed by atoms with Crippen molar-refractivity contribution in [1.82, 2.24) is 20.1 Å². The molecule has 0 unspecified atom stereocenters. The Bertz CT molecular complexity index is 1510. The minimum absolute atomic E-state index is 0.0401. The van der Waals surface area contributed by atoms with Crippen molar-refractivity contribution >= 4 is 34.0 Å². The number of anilines is 2. The Balaban J connectivity index is 1.34. The van der Waals surface area contributed by atoms with Gasteiger partial charge in [-0.05, 0) is 56.6 Å². The maximum absolute atomic E-state index is 13.7. The molecule has 3 aromatic rings. The van der Waals surface area contributed by atoms with Gasteiger partial charge in [0.25, 0.3) is 5.91 Å². The first kappa shape index (κ1) is 28.2. The summed E-state index contributed by atoms with van der Waals surface area (Å²) in [6.45, 7) is 11.0. The van der Waals surface area contributed by atoms with Gasteiger partial charge in [-0.3, -0.25) is 9.59 Å². The Morgan fingerprint density at radius 2 is 1.79 bits per heavy atom. The fraction of sp³-hybridized carbons (Fsp3) is 0.424. The Labute approximate surface area is 247 Å². The van der Waals surface area contributed by atoms with Crippen LogP contribution in [0.2, 0.25) is 0 Å². The Morgan fingerprint density at radius 3 is 2.52 bits per heavy atom. The molecule has 1 aromatic heterocycles. The number of hydrogen-bond acceptors (Lipinski definition) is 7. The molecule has 0 saturated carbocycles. The van der Waals surface area contributed by atoms with Crippen LogP contribution in [0, 0.1) is 6.92 Å². The summed E-state index contributed by atoms with van der Waals surface area (Å²) in [6.07, 6.45) is 2.20. The third-order valence-electron chi connectivity index (χ3n) is 8.96. The van der Waals surface area contributed by atoms with Gasteiger partial charge in [-0.15, -0.1) is 0 Å². The Morgan fingerprint density at radius 1 is 1.02 bits per heavy atom. The van der Waals surface area contributed by atoms with Gasteiger partial charge in [-0.2, -0.15) is 0 Å². The zero-order chi connectivity index (χ0) is 29.4. The van der Waals surface area contributed by atoms with E-state index in [9.17, 15) is 9.59 Å². The number of carbonyl (C=O) groups excluding carboxylic acids is 2. The van der Waals surface area contributed by atoms with Gasteiger partial charge < -0.3 is 29.7 Å². The predicted octanol–water partition coefficient (Wildman–Crippen LogP) is 3.00. The maximum atomic E-state index is 13.7. The topological polar surface area (TPSA) is 81.2 Å². The van der Waals surface area contributed by atoms with Crippen LogP contribution in [0.3, 0.4) is 0 Å². The SMILES string of the molecule is C=CC(=O)N1CCN(c2cc(C(=O)N[C@H]3COC[C@@H]3N(C)C)nc3c2CCN(c2cccc4cccc(C)c24)C3)CC1. The van der Waals surface area contributed by atoms with Crippen molar-refractivity contribution in [3.8, 4) is 0 Å². The third-order valence-corrected chi connectivity index (χ3v) is 8.96. The van der Waals surface area contributed by atoms with Crippen molar-refractivity contribution in [3.63, 3.8) is 0 Å². The number of nitrogens with zero attached hydrogens (tertiary/aromatic N) is 5. The molecular formula is C33H40N6O3.